The third-order valence-electron chi connectivity index (χ3n) is 11.9. The van der Waals surface area contributed by atoms with E-state index in [1.165, 1.54) is 71.5 Å². The molecule has 4 heteroatoms. The SMILES string of the molecule is c1ccc(-c2ccc(-c3nc(-c4ccc5ccccc5c4)nc(-c4cccc5c4-c4cccc(-n6c7ccccc7c7c8ccccc8ccc76)c4C5)n3)cc2)cc1. The zero-order chi connectivity index (χ0) is 38.2. The third-order valence-corrected chi connectivity index (χ3v) is 11.9. The molecule has 11 aromatic rings. The van der Waals surface area contributed by atoms with Crippen molar-refractivity contribution in [2.24, 2.45) is 0 Å². The van der Waals surface area contributed by atoms with Crippen LogP contribution in [0, 0.1) is 0 Å². The summed E-state index contributed by atoms with van der Waals surface area (Å²) in [6.45, 7) is 0. The Labute approximate surface area is 335 Å². The molecule has 0 N–H and O–H groups in total. The molecular formula is C54H34N4. The van der Waals surface area contributed by atoms with Crippen LogP contribution >= 0.6 is 0 Å². The van der Waals surface area contributed by atoms with Crippen LogP contribution in [0.2, 0.25) is 0 Å². The molecule has 9 aromatic carbocycles. The Bertz CT molecular complexity index is 3420. The van der Waals surface area contributed by atoms with E-state index in [1.54, 1.807) is 0 Å². The summed E-state index contributed by atoms with van der Waals surface area (Å²) >= 11 is 0. The van der Waals surface area contributed by atoms with E-state index in [9.17, 15) is 0 Å². The van der Waals surface area contributed by atoms with E-state index < -0.39 is 0 Å². The molecule has 12 rings (SSSR count). The highest BCUT2D eigenvalue weighted by atomic mass is 15.0. The first kappa shape index (κ1) is 32.5. The molecule has 4 nitrogen and oxygen atoms in total. The minimum absolute atomic E-state index is 0.648. The highest BCUT2D eigenvalue weighted by Gasteiger charge is 2.28. The Morgan fingerprint density at radius 1 is 0.379 bits per heavy atom. The average molecular weight is 739 g/mol. The van der Waals surface area contributed by atoms with Gasteiger partial charge in [0.2, 0.25) is 0 Å². The molecule has 0 aliphatic heterocycles. The first-order chi connectivity index (χ1) is 28.7. The maximum absolute atomic E-state index is 5.28. The molecule has 0 atom stereocenters. The molecule has 0 amide bonds. The Balaban J connectivity index is 1.05. The summed E-state index contributed by atoms with van der Waals surface area (Å²) in [4.78, 5) is 15.7. The zero-order valence-electron chi connectivity index (χ0n) is 31.5. The molecule has 270 valence electrons. The van der Waals surface area contributed by atoms with Gasteiger partial charge in [-0.1, -0.05) is 170 Å². The van der Waals surface area contributed by atoms with Gasteiger partial charge in [0, 0.05) is 33.9 Å². The van der Waals surface area contributed by atoms with E-state index in [4.69, 9.17) is 15.0 Å². The second-order valence-corrected chi connectivity index (χ2v) is 15.2. The van der Waals surface area contributed by atoms with Gasteiger partial charge in [-0.05, 0) is 79.2 Å². The molecule has 0 saturated carbocycles. The number of fused-ring (bicyclic) bond motifs is 9. The van der Waals surface area contributed by atoms with E-state index in [1.807, 2.05) is 6.07 Å². The van der Waals surface area contributed by atoms with Crippen LogP contribution in [0.3, 0.4) is 0 Å². The van der Waals surface area contributed by atoms with Crippen LogP contribution in [-0.4, -0.2) is 19.5 Å². The van der Waals surface area contributed by atoms with E-state index >= 15 is 0 Å². The van der Waals surface area contributed by atoms with E-state index in [0.717, 1.165) is 34.1 Å². The number of benzene rings is 9. The predicted molar refractivity (Wildman–Crippen MR) is 239 cm³/mol. The van der Waals surface area contributed by atoms with Crippen molar-refractivity contribution in [3.63, 3.8) is 0 Å². The maximum atomic E-state index is 5.28. The lowest BCUT2D eigenvalue weighted by atomic mass is 9.98. The maximum Gasteiger partial charge on any atom is 0.164 e. The standard InChI is InChI=1S/C54H34N4/c1-2-12-34(13-3-1)36-24-27-38(28-25-36)52-55-53(41-29-26-35-14-4-5-16-39(35)32-41)57-54(56-52)45-21-10-17-40-33-46-43(50(40)45)20-11-23-48(46)58-47-22-9-8-19-44(47)51-42-18-7-6-15-37(42)30-31-49(51)58/h1-32H,33H2. The first-order valence-corrected chi connectivity index (χ1v) is 19.8. The molecule has 0 spiro atoms. The molecule has 1 aliphatic carbocycles. The summed E-state index contributed by atoms with van der Waals surface area (Å²) in [7, 11) is 0. The van der Waals surface area contributed by atoms with E-state index in [0.29, 0.717) is 17.5 Å². The van der Waals surface area contributed by atoms with Gasteiger partial charge in [0.25, 0.3) is 0 Å². The van der Waals surface area contributed by atoms with E-state index in [-0.39, 0.29) is 0 Å². The second kappa shape index (κ2) is 12.9. The second-order valence-electron chi connectivity index (χ2n) is 15.2. The quantitative estimate of drug-likeness (QED) is 0.177. The van der Waals surface area contributed by atoms with Crippen molar-refractivity contribution in [3.8, 4) is 62.1 Å². The lowest BCUT2D eigenvalue weighted by molar-refractivity contribution is 1.07. The number of hydrogen-bond acceptors (Lipinski definition) is 3. The molecule has 2 aromatic heterocycles. The van der Waals surface area contributed by atoms with Gasteiger partial charge in [0.1, 0.15) is 0 Å². The number of nitrogens with zero attached hydrogens (tertiary/aromatic N) is 4. The van der Waals surface area contributed by atoms with Gasteiger partial charge in [0.15, 0.2) is 17.5 Å². The molecule has 0 bridgehead atoms. The molecule has 1 aliphatic rings. The van der Waals surface area contributed by atoms with Crippen molar-refractivity contribution < 1.29 is 0 Å². The average Bonchev–Trinajstić information content (AvgIpc) is 3.85. The Hall–Kier alpha value is -7.69. The van der Waals surface area contributed by atoms with E-state index in [2.05, 4.69) is 193 Å². The third kappa shape index (κ3) is 5.12. The molecular weight excluding hydrogens is 705 g/mol. The largest absolute Gasteiger partial charge is 0.309 e. The highest BCUT2D eigenvalue weighted by Crippen LogP contribution is 2.46. The van der Waals surface area contributed by atoms with Gasteiger partial charge >= 0.3 is 0 Å². The molecule has 58 heavy (non-hydrogen) atoms. The monoisotopic (exact) mass is 738 g/mol. The van der Waals surface area contributed by atoms with Gasteiger partial charge in [-0.25, -0.2) is 15.0 Å². The predicted octanol–water partition coefficient (Wildman–Crippen LogP) is 13.5. The van der Waals surface area contributed by atoms with Gasteiger partial charge in [0.05, 0.1) is 16.7 Å². The summed E-state index contributed by atoms with van der Waals surface area (Å²) in [6, 6.07) is 69.3. The molecule has 2 heterocycles. The highest BCUT2D eigenvalue weighted by molar-refractivity contribution is 6.21. The number of hydrogen-bond donors (Lipinski definition) is 0. The van der Waals surface area contributed by atoms with Crippen LogP contribution < -0.4 is 0 Å². The molecule has 0 saturated heterocycles. The van der Waals surface area contributed by atoms with Gasteiger partial charge in [-0.2, -0.15) is 0 Å². The number of para-hydroxylation sites is 1. The van der Waals surface area contributed by atoms with Crippen LogP contribution in [0.25, 0.3) is 105 Å². The Morgan fingerprint density at radius 2 is 1.00 bits per heavy atom. The van der Waals surface area contributed by atoms with Gasteiger partial charge < -0.3 is 4.57 Å². The van der Waals surface area contributed by atoms with Gasteiger partial charge in [-0.3, -0.25) is 0 Å². The van der Waals surface area contributed by atoms with Crippen LogP contribution in [0.1, 0.15) is 11.1 Å². The summed E-state index contributed by atoms with van der Waals surface area (Å²) in [5.74, 6) is 1.97. The zero-order valence-corrected chi connectivity index (χ0v) is 31.5. The fourth-order valence-corrected chi connectivity index (χ4v) is 9.17. The molecule has 0 fully saturated rings. The smallest absolute Gasteiger partial charge is 0.164 e. The topological polar surface area (TPSA) is 43.6 Å². The summed E-state index contributed by atoms with van der Waals surface area (Å²) < 4.78 is 2.47. The van der Waals surface area contributed by atoms with Crippen molar-refractivity contribution in [1.82, 2.24) is 19.5 Å². The Kier molecular flexibility index (Phi) is 7.26. The van der Waals surface area contributed by atoms with Crippen LogP contribution in [0.4, 0.5) is 0 Å². The fraction of sp³-hybridized carbons (Fsp3) is 0.0185. The van der Waals surface area contributed by atoms with Crippen LogP contribution in [0.15, 0.2) is 194 Å². The van der Waals surface area contributed by atoms with Crippen molar-refractivity contribution in [2.75, 3.05) is 0 Å². The normalized spacial score (nSPS) is 12.1. The number of rotatable bonds is 5. The Morgan fingerprint density at radius 3 is 1.86 bits per heavy atom. The van der Waals surface area contributed by atoms with Crippen molar-refractivity contribution in [2.45, 2.75) is 6.42 Å². The van der Waals surface area contributed by atoms with Crippen molar-refractivity contribution >= 4 is 43.4 Å². The molecule has 0 unspecified atom stereocenters. The molecule has 0 radical (unpaired) electrons. The number of aromatic nitrogens is 4. The summed E-state index contributed by atoms with van der Waals surface area (Å²) in [6.07, 6.45) is 0.812. The summed E-state index contributed by atoms with van der Waals surface area (Å²) in [5.41, 5.74) is 13.8. The van der Waals surface area contributed by atoms with Crippen molar-refractivity contribution in [1.29, 1.82) is 0 Å². The minimum Gasteiger partial charge on any atom is -0.309 e. The minimum atomic E-state index is 0.648. The van der Waals surface area contributed by atoms with Crippen LogP contribution in [-0.2, 0) is 6.42 Å². The lowest BCUT2D eigenvalue weighted by Crippen LogP contribution is -2.01. The first-order valence-electron chi connectivity index (χ1n) is 19.8. The summed E-state index contributed by atoms with van der Waals surface area (Å²) in [5, 5.41) is 7.41. The van der Waals surface area contributed by atoms with Gasteiger partial charge in [-0.15, -0.1) is 0 Å². The van der Waals surface area contributed by atoms with Crippen LogP contribution in [0.5, 0.6) is 0 Å². The van der Waals surface area contributed by atoms with Crippen molar-refractivity contribution in [3.05, 3.63) is 205 Å². The fourth-order valence-electron chi connectivity index (χ4n) is 9.17. The lowest BCUT2D eigenvalue weighted by Gasteiger charge is -2.14.